The van der Waals surface area contributed by atoms with Crippen molar-refractivity contribution in [2.24, 2.45) is 0 Å². The number of anilines is 2. The van der Waals surface area contributed by atoms with Crippen LogP contribution in [0, 0.1) is 6.92 Å². The zero-order valence-corrected chi connectivity index (χ0v) is 17.0. The maximum Gasteiger partial charge on any atom is 0.324 e. The van der Waals surface area contributed by atoms with Crippen LogP contribution in [0.25, 0.3) is 0 Å². The molecule has 0 atom stereocenters. The number of amides is 3. The molecule has 152 valence electrons. The van der Waals surface area contributed by atoms with Gasteiger partial charge in [-0.15, -0.1) is 0 Å². The second-order valence-corrected chi connectivity index (χ2v) is 7.57. The highest BCUT2D eigenvalue weighted by Crippen LogP contribution is 2.25. The van der Waals surface area contributed by atoms with Gasteiger partial charge in [0.2, 0.25) is 0 Å². The molecule has 1 fully saturated rings. The molecule has 0 saturated carbocycles. The first-order chi connectivity index (χ1) is 14.6. The fourth-order valence-corrected chi connectivity index (χ4v) is 3.63. The minimum absolute atomic E-state index is 0.00615. The Balaban J connectivity index is 1.47. The van der Waals surface area contributed by atoms with Crippen molar-refractivity contribution in [3.8, 4) is 0 Å². The van der Waals surface area contributed by atoms with Crippen LogP contribution in [-0.2, 0) is 6.54 Å². The fourth-order valence-electron chi connectivity index (χ4n) is 3.63. The van der Waals surface area contributed by atoms with E-state index in [-0.39, 0.29) is 11.9 Å². The van der Waals surface area contributed by atoms with E-state index in [0.29, 0.717) is 24.3 Å². The van der Waals surface area contributed by atoms with Crippen LogP contribution in [-0.4, -0.2) is 29.9 Å². The van der Waals surface area contributed by atoms with Crippen molar-refractivity contribution in [3.63, 3.8) is 0 Å². The van der Waals surface area contributed by atoms with E-state index in [4.69, 9.17) is 0 Å². The third-order valence-electron chi connectivity index (χ3n) is 5.26. The molecule has 0 aliphatic carbocycles. The third kappa shape index (κ3) is 4.51. The topological polar surface area (TPSA) is 52.6 Å². The highest BCUT2D eigenvalue weighted by molar-refractivity contribution is 6.04. The molecule has 0 bridgehead atoms. The number of hydrogen-bond acceptors (Lipinski definition) is 2. The van der Waals surface area contributed by atoms with Gasteiger partial charge in [-0.2, -0.15) is 0 Å². The standard InChI is InChI=1S/C25H25N3O2/c1-19-11-13-20(14-12-19)18-27-15-6-16-28(25(27)30)23-10-5-9-22(17-23)26-24(29)21-7-3-2-4-8-21/h2-5,7-14,17H,6,15-16,18H2,1H3,(H,26,29). The van der Waals surface area contributed by atoms with Crippen LogP contribution in [0.2, 0.25) is 0 Å². The molecule has 1 saturated heterocycles. The molecule has 30 heavy (non-hydrogen) atoms. The van der Waals surface area contributed by atoms with Crippen LogP contribution in [0.1, 0.15) is 27.9 Å². The van der Waals surface area contributed by atoms with Crippen LogP contribution in [0.3, 0.4) is 0 Å². The summed E-state index contributed by atoms with van der Waals surface area (Å²) < 4.78 is 0. The SMILES string of the molecule is Cc1ccc(CN2CCCN(c3cccc(NC(=O)c4ccccc4)c3)C2=O)cc1. The highest BCUT2D eigenvalue weighted by atomic mass is 16.2. The third-order valence-corrected chi connectivity index (χ3v) is 5.26. The zero-order valence-electron chi connectivity index (χ0n) is 17.0. The molecule has 3 aromatic carbocycles. The number of nitrogens with zero attached hydrogens (tertiary/aromatic N) is 2. The molecule has 1 N–H and O–H groups in total. The van der Waals surface area contributed by atoms with Crippen LogP contribution in [0.4, 0.5) is 16.2 Å². The first-order valence-electron chi connectivity index (χ1n) is 10.2. The van der Waals surface area contributed by atoms with Crippen LogP contribution >= 0.6 is 0 Å². The maximum atomic E-state index is 13.1. The first-order valence-corrected chi connectivity index (χ1v) is 10.2. The van der Waals surface area contributed by atoms with E-state index >= 15 is 0 Å². The Kier molecular flexibility index (Phi) is 5.80. The lowest BCUT2D eigenvalue weighted by Gasteiger charge is -2.36. The summed E-state index contributed by atoms with van der Waals surface area (Å²) in [7, 11) is 0. The van der Waals surface area contributed by atoms with Gasteiger partial charge in [0, 0.05) is 36.6 Å². The molecule has 1 aliphatic heterocycles. The van der Waals surface area contributed by atoms with Gasteiger partial charge in [0.25, 0.3) is 5.91 Å². The Morgan fingerprint density at radius 2 is 1.70 bits per heavy atom. The van der Waals surface area contributed by atoms with Crippen LogP contribution in [0.5, 0.6) is 0 Å². The number of carbonyl (C=O) groups is 2. The number of carbonyl (C=O) groups excluding carboxylic acids is 2. The largest absolute Gasteiger partial charge is 0.324 e. The van der Waals surface area contributed by atoms with Crippen molar-refractivity contribution in [3.05, 3.63) is 95.6 Å². The minimum Gasteiger partial charge on any atom is -0.322 e. The summed E-state index contributed by atoms with van der Waals surface area (Å²) in [6, 6.07) is 24.8. The molecular formula is C25H25N3O2. The Bertz CT molecular complexity index is 1030. The molecule has 5 heteroatoms. The summed E-state index contributed by atoms with van der Waals surface area (Å²) in [5.41, 5.74) is 4.39. The summed E-state index contributed by atoms with van der Waals surface area (Å²) in [4.78, 5) is 29.2. The predicted octanol–water partition coefficient (Wildman–Crippen LogP) is 5.08. The second-order valence-electron chi connectivity index (χ2n) is 7.57. The van der Waals surface area contributed by atoms with E-state index in [1.165, 1.54) is 5.56 Å². The number of aryl methyl sites for hydroxylation is 1. The molecule has 0 aromatic heterocycles. The van der Waals surface area contributed by atoms with Gasteiger partial charge >= 0.3 is 6.03 Å². The summed E-state index contributed by atoms with van der Waals surface area (Å²) in [6.07, 6.45) is 0.901. The predicted molar refractivity (Wildman–Crippen MR) is 120 cm³/mol. The van der Waals surface area contributed by atoms with Gasteiger partial charge in [0.1, 0.15) is 0 Å². The summed E-state index contributed by atoms with van der Waals surface area (Å²) in [5.74, 6) is -0.168. The molecule has 0 unspecified atom stereocenters. The smallest absolute Gasteiger partial charge is 0.322 e. The van der Waals surface area contributed by atoms with Gasteiger partial charge in [-0.3, -0.25) is 9.69 Å². The average molecular weight is 399 g/mol. The molecule has 0 radical (unpaired) electrons. The van der Waals surface area contributed by atoms with Gasteiger partial charge in [-0.25, -0.2) is 4.79 Å². The number of benzene rings is 3. The van der Waals surface area contributed by atoms with Crippen molar-refractivity contribution in [1.82, 2.24) is 4.90 Å². The molecule has 5 nitrogen and oxygen atoms in total. The number of nitrogens with one attached hydrogen (secondary N) is 1. The Hall–Kier alpha value is -3.60. The van der Waals surface area contributed by atoms with Crippen molar-refractivity contribution in [1.29, 1.82) is 0 Å². The average Bonchev–Trinajstić information content (AvgIpc) is 2.77. The molecular weight excluding hydrogens is 374 g/mol. The van der Waals surface area contributed by atoms with Crippen molar-refractivity contribution < 1.29 is 9.59 Å². The van der Waals surface area contributed by atoms with Gasteiger partial charge in [-0.1, -0.05) is 54.1 Å². The molecule has 1 aliphatic rings. The lowest BCUT2D eigenvalue weighted by molar-refractivity contribution is 0.102. The molecule has 0 spiro atoms. The van der Waals surface area contributed by atoms with Crippen molar-refractivity contribution in [2.45, 2.75) is 19.9 Å². The van der Waals surface area contributed by atoms with Gasteiger partial charge in [-0.05, 0) is 49.2 Å². The van der Waals surface area contributed by atoms with E-state index in [1.807, 2.05) is 47.4 Å². The summed E-state index contributed by atoms with van der Waals surface area (Å²) >= 11 is 0. The normalized spacial score (nSPS) is 14.0. The van der Waals surface area contributed by atoms with E-state index in [9.17, 15) is 9.59 Å². The molecule has 1 heterocycles. The van der Waals surface area contributed by atoms with Gasteiger partial charge < -0.3 is 10.2 Å². The van der Waals surface area contributed by atoms with Crippen LogP contribution in [0.15, 0.2) is 78.9 Å². The minimum atomic E-state index is -0.168. The number of rotatable bonds is 5. The quantitative estimate of drug-likeness (QED) is 0.650. The van der Waals surface area contributed by atoms with E-state index < -0.39 is 0 Å². The van der Waals surface area contributed by atoms with E-state index in [0.717, 1.165) is 24.2 Å². The molecule has 4 rings (SSSR count). The van der Waals surface area contributed by atoms with Gasteiger partial charge in [0.05, 0.1) is 0 Å². The molecule has 3 amide bonds. The maximum absolute atomic E-state index is 13.1. The van der Waals surface area contributed by atoms with Crippen molar-refractivity contribution >= 4 is 23.3 Å². The summed E-state index contributed by atoms with van der Waals surface area (Å²) in [6.45, 7) is 4.06. The molecule has 3 aromatic rings. The lowest BCUT2D eigenvalue weighted by Crippen LogP contribution is -2.49. The van der Waals surface area contributed by atoms with E-state index in [2.05, 4.69) is 36.5 Å². The van der Waals surface area contributed by atoms with Crippen molar-refractivity contribution in [2.75, 3.05) is 23.3 Å². The lowest BCUT2D eigenvalue weighted by atomic mass is 10.1. The first kappa shape index (κ1) is 19.7. The monoisotopic (exact) mass is 399 g/mol. The van der Waals surface area contributed by atoms with Gasteiger partial charge in [0.15, 0.2) is 0 Å². The second kappa shape index (κ2) is 8.82. The Labute approximate surface area is 176 Å². The number of hydrogen-bond donors (Lipinski definition) is 1. The Morgan fingerprint density at radius 3 is 2.47 bits per heavy atom. The fraction of sp³-hybridized carbons (Fsp3) is 0.200. The van der Waals surface area contributed by atoms with Crippen LogP contribution < -0.4 is 10.2 Å². The highest BCUT2D eigenvalue weighted by Gasteiger charge is 2.27. The van der Waals surface area contributed by atoms with E-state index in [1.54, 1.807) is 17.0 Å². The zero-order chi connectivity index (χ0) is 20.9. The Morgan fingerprint density at radius 1 is 0.933 bits per heavy atom. The summed E-state index contributed by atoms with van der Waals surface area (Å²) in [5, 5.41) is 2.92. The number of urea groups is 1.